The summed E-state index contributed by atoms with van der Waals surface area (Å²) in [6, 6.07) is 13.8. The van der Waals surface area contributed by atoms with E-state index in [4.69, 9.17) is 9.15 Å². The van der Waals surface area contributed by atoms with Gasteiger partial charge in [-0.05, 0) is 55.5 Å². The molecule has 1 aromatic heterocycles. The van der Waals surface area contributed by atoms with Gasteiger partial charge in [0.15, 0.2) is 6.61 Å². The van der Waals surface area contributed by atoms with E-state index < -0.39 is 5.25 Å². The summed E-state index contributed by atoms with van der Waals surface area (Å²) in [5.41, 5.74) is 4.15. The lowest BCUT2D eigenvalue weighted by Gasteiger charge is -2.18. The number of para-hydroxylation sites is 1. The van der Waals surface area contributed by atoms with Crippen LogP contribution in [0, 0.1) is 13.8 Å². The molecule has 30 heavy (non-hydrogen) atoms. The maximum Gasteiger partial charge on any atom is 0.277 e. The predicted molar refractivity (Wildman–Crippen MR) is 119 cm³/mol. The number of amides is 1. The normalized spacial score (nSPS) is 12.1. The Morgan fingerprint density at radius 3 is 2.63 bits per heavy atom. The van der Waals surface area contributed by atoms with Gasteiger partial charge < -0.3 is 14.5 Å². The van der Waals surface area contributed by atoms with Gasteiger partial charge >= 0.3 is 0 Å². The molecule has 0 spiro atoms. The van der Waals surface area contributed by atoms with E-state index in [9.17, 15) is 4.79 Å². The van der Waals surface area contributed by atoms with E-state index in [1.807, 2.05) is 63.2 Å². The highest BCUT2D eigenvalue weighted by atomic mass is 32.2. The number of ether oxygens (including phenoxy) is 1. The van der Waals surface area contributed by atoms with E-state index in [1.165, 1.54) is 11.8 Å². The Bertz CT molecular complexity index is 1020. The lowest BCUT2D eigenvalue weighted by atomic mass is 9.98. The first-order valence-electron chi connectivity index (χ1n) is 9.92. The second-order valence-corrected chi connectivity index (χ2v) is 8.80. The van der Waals surface area contributed by atoms with Gasteiger partial charge in [0.25, 0.3) is 11.1 Å². The number of aromatic nitrogens is 2. The molecule has 6 nitrogen and oxygen atoms in total. The third kappa shape index (κ3) is 5.63. The number of thioether (sulfide) groups is 1. The highest BCUT2D eigenvalue weighted by molar-refractivity contribution is 8.00. The molecule has 3 aromatic rings. The topological polar surface area (TPSA) is 77.2 Å². The summed E-state index contributed by atoms with van der Waals surface area (Å²) in [4.78, 5) is 12.7. The third-order valence-corrected chi connectivity index (χ3v) is 5.56. The van der Waals surface area contributed by atoms with Crippen LogP contribution in [0.1, 0.15) is 49.3 Å². The molecular formula is C23H27N3O3S. The van der Waals surface area contributed by atoms with Crippen molar-refractivity contribution in [1.82, 2.24) is 10.2 Å². The van der Waals surface area contributed by atoms with E-state index in [0.717, 1.165) is 28.1 Å². The molecule has 1 unspecified atom stereocenters. The van der Waals surface area contributed by atoms with Gasteiger partial charge in [0.05, 0.1) is 5.25 Å². The molecule has 0 radical (unpaired) electrons. The SMILES string of the molecule is Cc1cccc(OCc2nnc(SC(C)C(=O)Nc3c(C)cccc3C(C)C)o2)c1. The van der Waals surface area contributed by atoms with E-state index in [0.29, 0.717) is 17.0 Å². The summed E-state index contributed by atoms with van der Waals surface area (Å²) >= 11 is 1.23. The van der Waals surface area contributed by atoms with E-state index in [-0.39, 0.29) is 12.5 Å². The number of carbonyl (C=O) groups excluding carboxylic acids is 1. The maximum atomic E-state index is 12.7. The van der Waals surface area contributed by atoms with E-state index in [1.54, 1.807) is 0 Å². The van der Waals surface area contributed by atoms with Gasteiger partial charge in [0, 0.05) is 5.69 Å². The number of hydrogen-bond donors (Lipinski definition) is 1. The van der Waals surface area contributed by atoms with Crippen molar-refractivity contribution >= 4 is 23.4 Å². The minimum atomic E-state index is -0.393. The lowest BCUT2D eigenvalue weighted by Crippen LogP contribution is -2.23. The fourth-order valence-corrected chi connectivity index (χ4v) is 3.67. The van der Waals surface area contributed by atoms with Gasteiger partial charge in [-0.15, -0.1) is 10.2 Å². The molecule has 1 atom stereocenters. The number of rotatable bonds is 8. The van der Waals surface area contributed by atoms with Gasteiger partial charge in [-0.2, -0.15) is 0 Å². The van der Waals surface area contributed by atoms with Crippen molar-refractivity contribution < 1.29 is 13.9 Å². The van der Waals surface area contributed by atoms with Gasteiger partial charge in [-0.1, -0.05) is 55.9 Å². The van der Waals surface area contributed by atoms with Crippen molar-refractivity contribution in [3.8, 4) is 5.75 Å². The summed E-state index contributed by atoms with van der Waals surface area (Å²) in [5, 5.41) is 11.0. The average Bonchev–Trinajstić information content (AvgIpc) is 3.15. The predicted octanol–water partition coefficient (Wildman–Crippen LogP) is 5.51. The Kier molecular flexibility index (Phi) is 7.15. The fraction of sp³-hybridized carbons (Fsp3) is 0.348. The number of hydrogen-bond acceptors (Lipinski definition) is 6. The van der Waals surface area contributed by atoms with Gasteiger partial charge in [-0.25, -0.2) is 0 Å². The highest BCUT2D eigenvalue weighted by Gasteiger charge is 2.20. The lowest BCUT2D eigenvalue weighted by molar-refractivity contribution is -0.115. The number of aryl methyl sites for hydroxylation is 2. The Balaban J connectivity index is 1.59. The first-order chi connectivity index (χ1) is 14.3. The van der Waals surface area contributed by atoms with Crippen LogP contribution < -0.4 is 10.1 Å². The number of nitrogens with zero attached hydrogens (tertiary/aromatic N) is 2. The molecule has 0 bridgehead atoms. The first-order valence-corrected chi connectivity index (χ1v) is 10.8. The summed E-state index contributed by atoms with van der Waals surface area (Å²) in [6.45, 7) is 10.2. The second kappa shape index (κ2) is 9.80. The van der Waals surface area contributed by atoms with Crippen LogP contribution in [0.2, 0.25) is 0 Å². The number of anilines is 1. The van der Waals surface area contributed by atoms with Crippen molar-refractivity contribution in [1.29, 1.82) is 0 Å². The number of nitrogens with one attached hydrogen (secondary N) is 1. The van der Waals surface area contributed by atoms with Crippen LogP contribution >= 0.6 is 11.8 Å². The average molecular weight is 426 g/mol. The van der Waals surface area contributed by atoms with Crippen LogP contribution in [0.15, 0.2) is 52.1 Å². The van der Waals surface area contributed by atoms with Crippen LogP contribution in [0.4, 0.5) is 5.69 Å². The standard InChI is InChI=1S/C23H27N3O3S/c1-14(2)19-11-7-9-16(4)21(19)24-22(27)17(5)30-23-26-25-20(29-23)13-28-18-10-6-8-15(3)12-18/h6-12,14,17H,13H2,1-5H3,(H,24,27). The van der Waals surface area contributed by atoms with E-state index in [2.05, 4.69) is 29.4 Å². The zero-order valence-electron chi connectivity index (χ0n) is 17.9. The smallest absolute Gasteiger partial charge is 0.277 e. The molecule has 0 saturated carbocycles. The molecule has 0 aliphatic carbocycles. The minimum Gasteiger partial charge on any atom is -0.484 e. The minimum absolute atomic E-state index is 0.105. The van der Waals surface area contributed by atoms with Crippen molar-refractivity contribution in [2.24, 2.45) is 0 Å². The molecular weight excluding hydrogens is 398 g/mol. The maximum absolute atomic E-state index is 12.7. The molecule has 2 aromatic carbocycles. The number of carbonyl (C=O) groups is 1. The Labute approximate surface area is 181 Å². The van der Waals surface area contributed by atoms with Crippen LogP contribution in [-0.4, -0.2) is 21.4 Å². The molecule has 0 saturated heterocycles. The zero-order valence-corrected chi connectivity index (χ0v) is 18.7. The van der Waals surface area contributed by atoms with Gasteiger partial charge in [0.1, 0.15) is 5.75 Å². The summed E-state index contributed by atoms with van der Waals surface area (Å²) in [6.07, 6.45) is 0. The summed E-state index contributed by atoms with van der Waals surface area (Å²) in [7, 11) is 0. The Hall–Kier alpha value is -2.80. The summed E-state index contributed by atoms with van der Waals surface area (Å²) < 4.78 is 11.3. The van der Waals surface area contributed by atoms with Crippen LogP contribution in [0.3, 0.4) is 0 Å². The molecule has 158 valence electrons. The van der Waals surface area contributed by atoms with Crippen molar-refractivity contribution in [3.05, 3.63) is 65.0 Å². The molecule has 7 heteroatoms. The molecule has 0 aliphatic rings. The third-order valence-electron chi connectivity index (χ3n) is 4.62. The monoisotopic (exact) mass is 425 g/mol. The first kappa shape index (κ1) is 21.9. The number of benzene rings is 2. The molecule has 3 rings (SSSR count). The fourth-order valence-electron chi connectivity index (χ4n) is 2.97. The quantitative estimate of drug-likeness (QED) is 0.480. The van der Waals surface area contributed by atoms with Crippen molar-refractivity contribution in [2.75, 3.05) is 5.32 Å². The van der Waals surface area contributed by atoms with Crippen molar-refractivity contribution in [2.45, 2.75) is 57.6 Å². The Morgan fingerprint density at radius 2 is 1.90 bits per heavy atom. The Morgan fingerprint density at radius 1 is 1.13 bits per heavy atom. The highest BCUT2D eigenvalue weighted by Crippen LogP contribution is 2.29. The molecule has 1 amide bonds. The van der Waals surface area contributed by atoms with Gasteiger partial charge in [0.2, 0.25) is 5.91 Å². The summed E-state index contributed by atoms with van der Waals surface area (Å²) in [5.74, 6) is 1.32. The largest absolute Gasteiger partial charge is 0.484 e. The van der Waals surface area contributed by atoms with Crippen molar-refractivity contribution in [3.63, 3.8) is 0 Å². The van der Waals surface area contributed by atoms with Crippen LogP contribution in [0.25, 0.3) is 0 Å². The van der Waals surface area contributed by atoms with Gasteiger partial charge in [-0.3, -0.25) is 4.79 Å². The molecule has 0 aliphatic heterocycles. The molecule has 0 fully saturated rings. The second-order valence-electron chi connectivity index (χ2n) is 7.51. The van der Waals surface area contributed by atoms with Crippen LogP contribution in [0.5, 0.6) is 5.75 Å². The zero-order chi connectivity index (χ0) is 21.7. The molecule has 1 heterocycles. The molecule has 1 N–H and O–H groups in total. The van der Waals surface area contributed by atoms with E-state index >= 15 is 0 Å². The van der Waals surface area contributed by atoms with Crippen LogP contribution in [-0.2, 0) is 11.4 Å².